The minimum Gasteiger partial charge on any atom is -0.490 e. The van der Waals surface area contributed by atoms with Crippen molar-refractivity contribution in [2.75, 3.05) is 13.1 Å². The van der Waals surface area contributed by atoms with E-state index in [-0.39, 0.29) is 35.2 Å². The molecule has 3 atom stereocenters. The van der Waals surface area contributed by atoms with Crippen LogP contribution >= 0.6 is 0 Å². The van der Waals surface area contributed by atoms with E-state index in [9.17, 15) is 22.8 Å². The Hall–Kier alpha value is -3.04. The number of alkyl halides is 3. The molecule has 2 heterocycles. The first kappa shape index (κ1) is 20.2. The number of amides is 1. The molecule has 0 spiro atoms. The molecule has 7 nitrogen and oxygen atoms in total. The molecule has 0 radical (unpaired) electrons. The number of carbonyl (C=O) groups excluding carboxylic acids is 1. The van der Waals surface area contributed by atoms with Crippen LogP contribution in [0.15, 0.2) is 30.5 Å². The summed E-state index contributed by atoms with van der Waals surface area (Å²) in [6, 6.07) is 4.69. The van der Waals surface area contributed by atoms with Crippen LogP contribution in [0.2, 0.25) is 0 Å². The number of hydrogen-bond donors (Lipinski definition) is 1. The van der Waals surface area contributed by atoms with Crippen molar-refractivity contribution in [3.05, 3.63) is 47.3 Å². The largest absolute Gasteiger partial charge is 0.490 e. The van der Waals surface area contributed by atoms with Crippen LogP contribution in [-0.2, 0) is 6.18 Å². The van der Waals surface area contributed by atoms with Gasteiger partial charge in [0.15, 0.2) is 5.69 Å². The van der Waals surface area contributed by atoms with Crippen LogP contribution in [0.4, 0.5) is 18.0 Å². The van der Waals surface area contributed by atoms with Crippen LogP contribution in [0.1, 0.15) is 34.5 Å². The molecule has 2 aliphatic rings. The summed E-state index contributed by atoms with van der Waals surface area (Å²) in [7, 11) is 0. The zero-order chi connectivity index (χ0) is 21.6. The van der Waals surface area contributed by atoms with Crippen LogP contribution in [-0.4, -0.2) is 51.0 Å². The smallest absolute Gasteiger partial charge is 0.416 e. The van der Waals surface area contributed by atoms with E-state index in [0.29, 0.717) is 31.7 Å². The summed E-state index contributed by atoms with van der Waals surface area (Å²) in [6.07, 6.45) is -1.76. The predicted molar refractivity (Wildman–Crippen MR) is 98.4 cm³/mol. The number of carbonyl (C=O) groups is 2. The Morgan fingerprint density at radius 1 is 1.17 bits per heavy atom. The molecule has 0 unspecified atom stereocenters. The van der Waals surface area contributed by atoms with Gasteiger partial charge in [-0.15, -0.1) is 0 Å². The zero-order valence-corrected chi connectivity index (χ0v) is 16.1. The van der Waals surface area contributed by atoms with Crippen molar-refractivity contribution in [2.24, 2.45) is 11.8 Å². The van der Waals surface area contributed by atoms with Gasteiger partial charge in [0.2, 0.25) is 0 Å². The maximum Gasteiger partial charge on any atom is 0.416 e. The summed E-state index contributed by atoms with van der Waals surface area (Å²) in [4.78, 5) is 25.1. The number of likely N-dealkylation sites (tertiary alicyclic amines) is 1. The molecule has 4 rings (SSSR count). The van der Waals surface area contributed by atoms with Crippen LogP contribution in [0.5, 0.6) is 5.75 Å². The molecule has 1 N–H and O–H groups in total. The molecule has 1 aliphatic heterocycles. The average Bonchev–Trinajstić information content (AvgIpc) is 3.34. The standard InChI is InChI=1S/C20H20F3N3O4/c1-11-6-14(2-3-16(11)20(21,22)23)30-15-7-12-9-25(10-13(12)8-15)19(29)26-5-4-17(24-26)18(27)28/h2-6,12-13,15H,7-10H2,1H3,(H,27,28)/t12-,13+,15+. The molecule has 1 saturated heterocycles. The highest BCUT2D eigenvalue weighted by molar-refractivity contribution is 5.86. The van der Waals surface area contributed by atoms with Gasteiger partial charge in [0, 0.05) is 19.3 Å². The molecule has 1 aromatic carbocycles. The normalized spacial score (nSPS) is 23.5. The summed E-state index contributed by atoms with van der Waals surface area (Å²) in [5.74, 6) is -0.331. The molecule has 160 valence electrons. The second-order valence-electron chi connectivity index (χ2n) is 7.84. The summed E-state index contributed by atoms with van der Waals surface area (Å²) in [6.45, 7) is 2.43. The first-order valence-corrected chi connectivity index (χ1v) is 9.54. The number of rotatable bonds is 3. The quantitative estimate of drug-likeness (QED) is 0.815. The second kappa shape index (κ2) is 7.33. The van der Waals surface area contributed by atoms with Crippen molar-refractivity contribution in [2.45, 2.75) is 32.0 Å². The highest BCUT2D eigenvalue weighted by atomic mass is 19.4. The summed E-state index contributed by atoms with van der Waals surface area (Å²) >= 11 is 0. The van der Waals surface area contributed by atoms with Gasteiger partial charge < -0.3 is 14.7 Å². The molecule has 2 aromatic rings. The van der Waals surface area contributed by atoms with Crippen LogP contribution in [0.25, 0.3) is 0 Å². The van der Waals surface area contributed by atoms with Crippen molar-refractivity contribution in [3.8, 4) is 5.75 Å². The summed E-state index contributed by atoms with van der Waals surface area (Å²) in [5.41, 5.74) is -0.741. The van der Waals surface area contributed by atoms with E-state index < -0.39 is 17.7 Å². The predicted octanol–water partition coefficient (Wildman–Crippen LogP) is 3.67. The Morgan fingerprint density at radius 3 is 2.37 bits per heavy atom. The second-order valence-corrected chi connectivity index (χ2v) is 7.84. The Labute approximate surface area is 170 Å². The van der Waals surface area contributed by atoms with E-state index >= 15 is 0 Å². The van der Waals surface area contributed by atoms with Gasteiger partial charge in [0.25, 0.3) is 0 Å². The van der Waals surface area contributed by atoms with Gasteiger partial charge in [-0.25, -0.2) is 9.59 Å². The fourth-order valence-electron chi connectivity index (χ4n) is 4.41. The van der Waals surface area contributed by atoms with Crippen molar-refractivity contribution in [3.63, 3.8) is 0 Å². The van der Waals surface area contributed by atoms with Crippen LogP contribution in [0.3, 0.4) is 0 Å². The monoisotopic (exact) mass is 423 g/mol. The SMILES string of the molecule is Cc1cc(O[C@H]2C[C@@H]3CN(C(=O)n4ccc(C(=O)O)n4)C[C@@H]3C2)ccc1C(F)(F)F. The van der Waals surface area contributed by atoms with Crippen LogP contribution in [0, 0.1) is 18.8 Å². The third kappa shape index (κ3) is 3.86. The maximum atomic E-state index is 12.9. The number of aromatic nitrogens is 2. The van der Waals surface area contributed by atoms with Crippen LogP contribution < -0.4 is 4.74 Å². The van der Waals surface area contributed by atoms with Gasteiger partial charge in [-0.05, 0) is 61.4 Å². The number of ether oxygens (including phenoxy) is 1. The third-order valence-electron chi connectivity index (χ3n) is 5.79. The van der Waals surface area contributed by atoms with Gasteiger partial charge in [-0.3, -0.25) is 0 Å². The van der Waals surface area contributed by atoms with Crippen molar-refractivity contribution >= 4 is 12.0 Å². The molecule has 10 heteroatoms. The lowest BCUT2D eigenvalue weighted by molar-refractivity contribution is -0.138. The Bertz CT molecular complexity index is 974. The molecule has 2 fully saturated rings. The molecular formula is C20H20F3N3O4. The van der Waals surface area contributed by atoms with E-state index in [4.69, 9.17) is 9.84 Å². The van der Waals surface area contributed by atoms with Gasteiger partial charge in [0.1, 0.15) is 5.75 Å². The molecular weight excluding hydrogens is 403 g/mol. The number of carboxylic acid groups (broad SMARTS) is 1. The maximum absolute atomic E-state index is 12.9. The molecule has 1 aromatic heterocycles. The summed E-state index contributed by atoms with van der Waals surface area (Å²) in [5, 5.41) is 12.7. The molecule has 1 saturated carbocycles. The first-order valence-electron chi connectivity index (χ1n) is 9.54. The van der Waals surface area contributed by atoms with Crippen molar-refractivity contribution in [1.82, 2.24) is 14.7 Å². The fraction of sp³-hybridized carbons (Fsp3) is 0.450. The third-order valence-corrected chi connectivity index (χ3v) is 5.79. The molecule has 1 aliphatic carbocycles. The zero-order valence-electron chi connectivity index (χ0n) is 16.1. The van der Waals surface area contributed by atoms with E-state index in [1.54, 1.807) is 4.90 Å². The van der Waals surface area contributed by atoms with E-state index in [0.717, 1.165) is 10.7 Å². The highest BCUT2D eigenvalue weighted by Gasteiger charge is 2.44. The number of nitrogens with zero attached hydrogens (tertiary/aromatic N) is 3. The fourth-order valence-corrected chi connectivity index (χ4v) is 4.41. The lowest BCUT2D eigenvalue weighted by atomic mass is 10.0. The number of fused-ring (bicyclic) bond motifs is 1. The molecule has 1 amide bonds. The highest BCUT2D eigenvalue weighted by Crippen LogP contribution is 2.40. The number of aromatic carboxylic acids is 1. The topological polar surface area (TPSA) is 84.7 Å². The Balaban J connectivity index is 1.35. The Kier molecular flexibility index (Phi) is 4.95. The number of carboxylic acids is 1. The van der Waals surface area contributed by atoms with E-state index in [2.05, 4.69) is 5.10 Å². The number of benzene rings is 1. The van der Waals surface area contributed by atoms with Gasteiger partial charge >= 0.3 is 18.2 Å². The van der Waals surface area contributed by atoms with E-state index in [1.165, 1.54) is 31.3 Å². The lowest BCUT2D eigenvalue weighted by Gasteiger charge is -2.20. The molecule has 30 heavy (non-hydrogen) atoms. The van der Waals surface area contributed by atoms with Gasteiger partial charge in [-0.1, -0.05) is 0 Å². The number of hydrogen-bond acceptors (Lipinski definition) is 4. The number of aryl methyl sites for hydroxylation is 1. The average molecular weight is 423 g/mol. The van der Waals surface area contributed by atoms with Crippen molar-refractivity contribution < 1.29 is 32.6 Å². The Morgan fingerprint density at radius 2 is 1.83 bits per heavy atom. The first-order chi connectivity index (χ1) is 14.1. The molecule has 0 bridgehead atoms. The van der Waals surface area contributed by atoms with E-state index in [1.807, 2.05) is 0 Å². The van der Waals surface area contributed by atoms with Crippen molar-refractivity contribution in [1.29, 1.82) is 0 Å². The minimum atomic E-state index is -4.39. The van der Waals surface area contributed by atoms with Gasteiger partial charge in [-0.2, -0.15) is 23.0 Å². The van der Waals surface area contributed by atoms with Gasteiger partial charge in [0.05, 0.1) is 11.7 Å². The summed E-state index contributed by atoms with van der Waals surface area (Å²) < 4.78 is 45.6. The minimum absolute atomic E-state index is 0.114. The lowest BCUT2D eigenvalue weighted by Crippen LogP contribution is -2.34. The number of halogens is 3.